The van der Waals surface area contributed by atoms with Crippen LogP contribution in [-0.2, 0) is 6.42 Å². The molecule has 6 rings (SSSR count). The van der Waals surface area contributed by atoms with Gasteiger partial charge in [-0.15, -0.1) is 0 Å². The molecule has 0 atom stereocenters. The van der Waals surface area contributed by atoms with E-state index in [2.05, 4.69) is 103 Å². The van der Waals surface area contributed by atoms with Crippen molar-refractivity contribution < 1.29 is 4.42 Å². The van der Waals surface area contributed by atoms with E-state index in [-0.39, 0.29) is 0 Å². The first kappa shape index (κ1) is 21.2. The van der Waals surface area contributed by atoms with Gasteiger partial charge in [0.2, 0.25) is 0 Å². The van der Waals surface area contributed by atoms with Crippen LogP contribution in [0.3, 0.4) is 0 Å². The highest BCUT2D eigenvalue weighted by Crippen LogP contribution is 2.36. The number of fused-ring (bicyclic) bond motifs is 4. The maximum absolute atomic E-state index is 6.41. The van der Waals surface area contributed by atoms with Gasteiger partial charge < -0.3 is 8.98 Å². The fraction of sp³-hybridized carbons (Fsp3) is 0.0909. The van der Waals surface area contributed by atoms with E-state index in [0.29, 0.717) is 0 Å². The van der Waals surface area contributed by atoms with Gasteiger partial charge in [0.05, 0.1) is 11.0 Å². The summed E-state index contributed by atoms with van der Waals surface area (Å²) in [6, 6.07) is 32.2. The van der Waals surface area contributed by atoms with Crippen LogP contribution in [0.5, 0.6) is 0 Å². The van der Waals surface area contributed by atoms with E-state index in [9.17, 15) is 0 Å². The average Bonchev–Trinajstić information content (AvgIpc) is 3.42. The molecule has 0 unspecified atom stereocenters. The lowest BCUT2D eigenvalue weighted by Gasteiger charge is -2.12. The molecular weight excluding hydrogens is 426 g/mol. The smallest absolute Gasteiger partial charge is 0.142 e. The molecule has 2 heteroatoms. The zero-order valence-electron chi connectivity index (χ0n) is 20.1. The van der Waals surface area contributed by atoms with Gasteiger partial charge in [-0.05, 0) is 43.2 Å². The molecule has 2 heterocycles. The van der Waals surface area contributed by atoms with E-state index in [0.717, 1.165) is 44.8 Å². The summed E-state index contributed by atoms with van der Waals surface area (Å²) in [5, 5.41) is 4.43. The van der Waals surface area contributed by atoms with Gasteiger partial charge in [-0.2, -0.15) is 0 Å². The molecule has 35 heavy (non-hydrogen) atoms. The van der Waals surface area contributed by atoms with Crippen LogP contribution in [0.1, 0.15) is 25.0 Å². The second-order valence-electron chi connectivity index (χ2n) is 8.89. The predicted molar refractivity (Wildman–Crippen MR) is 148 cm³/mol. The molecule has 0 amide bonds. The lowest BCUT2D eigenvalue weighted by molar-refractivity contribution is 0.573. The number of aryl methyl sites for hydroxylation is 1. The molecule has 6 aromatic rings. The van der Waals surface area contributed by atoms with E-state index < -0.39 is 0 Å². The molecule has 0 aliphatic rings. The van der Waals surface area contributed by atoms with Gasteiger partial charge in [-0.1, -0.05) is 92.4 Å². The number of para-hydroxylation sites is 3. The molecule has 0 N–H and O–H groups in total. The summed E-state index contributed by atoms with van der Waals surface area (Å²) in [4.78, 5) is 0. The molecular formula is C33H27NO. The third kappa shape index (κ3) is 3.33. The Morgan fingerprint density at radius 2 is 1.54 bits per heavy atom. The molecule has 0 spiro atoms. The van der Waals surface area contributed by atoms with Gasteiger partial charge in [-0.25, -0.2) is 0 Å². The van der Waals surface area contributed by atoms with Crippen LogP contribution < -0.4 is 10.6 Å². The number of benzene rings is 4. The van der Waals surface area contributed by atoms with Gasteiger partial charge in [0.15, 0.2) is 0 Å². The monoisotopic (exact) mass is 453 g/mol. The van der Waals surface area contributed by atoms with Crippen molar-refractivity contribution in [1.29, 1.82) is 0 Å². The number of hydrogen-bond donors (Lipinski definition) is 0. The minimum absolute atomic E-state index is 0.815. The highest BCUT2D eigenvalue weighted by atomic mass is 16.3. The Bertz CT molecular complexity index is 1850. The lowest BCUT2D eigenvalue weighted by atomic mass is 10.0. The van der Waals surface area contributed by atoms with Crippen molar-refractivity contribution in [3.8, 4) is 5.69 Å². The molecule has 170 valence electrons. The number of nitrogens with zero attached hydrogens (tertiary/aromatic N) is 1. The number of hydrogen-bond acceptors (Lipinski definition) is 1. The second-order valence-corrected chi connectivity index (χ2v) is 8.89. The van der Waals surface area contributed by atoms with Gasteiger partial charge in [0.1, 0.15) is 11.0 Å². The topological polar surface area (TPSA) is 18.1 Å². The molecule has 0 saturated heterocycles. The van der Waals surface area contributed by atoms with Crippen molar-refractivity contribution in [2.75, 3.05) is 0 Å². The van der Waals surface area contributed by atoms with Crippen LogP contribution in [-0.4, -0.2) is 4.57 Å². The molecule has 0 aliphatic heterocycles. The Labute approximate surface area is 204 Å². The van der Waals surface area contributed by atoms with Crippen molar-refractivity contribution in [3.05, 3.63) is 125 Å². The SMILES string of the molecule is C=c1/c(=C(\C=C/C)c2cccc3c4ccccc4n(-c4ccc(CC)cc4)c23)oc2ccccc12. The molecule has 0 saturated carbocycles. The van der Waals surface area contributed by atoms with E-state index in [1.807, 2.05) is 25.1 Å². The Balaban J connectivity index is 1.79. The van der Waals surface area contributed by atoms with Crippen molar-refractivity contribution in [2.24, 2.45) is 0 Å². The maximum atomic E-state index is 6.41. The summed E-state index contributed by atoms with van der Waals surface area (Å²) in [5.74, 6) is 0. The van der Waals surface area contributed by atoms with Crippen molar-refractivity contribution in [3.63, 3.8) is 0 Å². The summed E-state index contributed by atoms with van der Waals surface area (Å²) >= 11 is 0. The first-order chi connectivity index (χ1) is 17.2. The van der Waals surface area contributed by atoms with Gasteiger partial charge in [0.25, 0.3) is 0 Å². The van der Waals surface area contributed by atoms with Crippen LogP contribution in [0.2, 0.25) is 0 Å². The highest BCUT2D eigenvalue weighted by molar-refractivity contribution is 6.12. The summed E-state index contributed by atoms with van der Waals surface area (Å²) in [7, 11) is 0. The normalized spacial score (nSPS) is 12.9. The number of rotatable bonds is 4. The zero-order valence-corrected chi connectivity index (χ0v) is 20.1. The Morgan fingerprint density at radius 3 is 2.29 bits per heavy atom. The highest BCUT2D eigenvalue weighted by Gasteiger charge is 2.18. The molecule has 2 aromatic heterocycles. The zero-order chi connectivity index (χ0) is 23.9. The molecule has 2 nitrogen and oxygen atoms in total. The fourth-order valence-electron chi connectivity index (χ4n) is 5.16. The van der Waals surface area contributed by atoms with Gasteiger partial charge >= 0.3 is 0 Å². The maximum Gasteiger partial charge on any atom is 0.142 e. The third-order valence-electron chi connectivity index (χ3n) is 6.86. The Morgan fingerprint density at radius 1 is 0.829 bits per heavy atom. The number of furan rings is 1. The van der Waals surface area contributed by atoms with Crippen molar-refractivity contribution in [2.45, 2.75) is 20.3 Å². The van der Waals surface area contributed by atoms with Gasteiger partial charge in [-0.3, -0.25) is 0 Å². The molecule has 0 radical (unpaired) electrons. The minimum Gasteiger partial charge on any atom is -0.455 e. The fourth-order valence-corrected chi connectivity index (χ4v) is 5.16. The number of aromatic nitrogens is 1. The Hall–Kier alpha value is -4.30. The molecule has 4 aromatic carbocycles. The van der Waals surface area contributed by atoms with Crippen LogP contribution in [0, 0.1) is 0 Å². The number of allylic oxidation sites excluding steroid dienone is 2. The summed E-state index contributed by atoms with van der Waals surface area (Å²) in [5.41, 5.74) is 8.69. The molecule has 0 fully saturated rings. The average molecular weight is 454 g/mol. The van der Waals surface area contributed by atoms with E-state index in [1.54, 1.807) is 0 Å². The van der Waals surface area contributed by atoms with Crippen LogP contribution in [0.4, 0.5) is 0 Å². The third-order valence-corrected chi connectivity index (χ3v) is 6.86. The van der Waals surface area contributed by atoms with Crippen LogP contribution >= 0.6 is 0 Å². The molecule has 0 bridgehead atoms. The van der Waals surface area contributed by atoms with Crippen LogP contribution in [0.25, 0.3) is 50.6 Å². The quantitative estimate of drug-likeness (QED) is 0.274. The minimum atomic E-state index is 0.815. The summed E-state index contributed by atoms with van der Waals surface area (Å²) in [6.45, 7) is 8.64. The summed E-state index contributed by atoms with van der Waals surface area (Å²) in [6.07, 6.45) is 5.24. The lowest BCUT2D eigenvalue weighted by Crippen LogP contribution is -2.21. The van der Waals surface area contributed by atoms with E-state index in [1.165, 1.54) is 27.4 Å². The summed E-state index contributed by atoms with van der Waals surface area (Å²) < 4.78 is 8.79. The van der Waals surface area contributed by atoms with E-state index >= 15 is 0 Å². The van der Waals surface area contributed by atoms with Crippen molar-refractivity contribution >= 4 is 44.9 Å². The first-order valence-electron chi connectivity index (χ1n) is 12.2. The standard InChI is InChI=1S/C33H27NO/c1-4-11-29(33-22(3)25-12-7-9-17-31(25)35-33)28-15-10-14-27-26-13-6-8-16-30(26)34(32(27)28)24-20-18-23(5-2)19-21-24/h4,6-21H,3,5H2,1-2H3/b11-4-,33-29-. The van der Waals surface area contributed by atoms with E-state index in [4.69, 9.17) is 4.42 Å². The first-order valence-corrected chi connectivity index (χ1v) is 12.2. The van der Waals surface area contributed by atoms with Crippen LogP contribution in [0.15, 0.2) is 108 Å². The van der Waals surface area contributed by atoms with Gasteiger partial charge in [0, 0.05) is 38.2 Å². The largest absolute Gasteiger partial charge is 0.455 e. The van der Waals surface area contributed by atoms with Crippen molar-refractivity contribution in [1.82, 2.24) is 4.57 Å². The second kappa shape index (κ2) is 8.48. The molecule has 0 aliphatic carbocycles. The predicted octanol–water partition coefficient (Wildman–Crippen LogP) is 7.28. The Kier molecular flexibility index (Phi) is 5.15.